The number of ether oxygens (including phenoxy) is 1. The van der Waals surface area contributed by atoms with Gasteiger partial charge in [0.05, 0.1) is 23.0 Å². The van der Waals surface area contributed by atoms with Gasteiger partial charge in [0, 0.05) is 0 Å². The van der Waals surface area contributed by atoms with Gasteiger partial charge in [-0.2, -0.15) is 0 Å². The number of nitrogens with zero attached hydrogens (tertiary/aromatic N) is 2. The Morgan fingerprint density at radius 1 is 0.763 bits per heavy atom. The van der Waals surface area contributed by atoms with Gasteiger partial charge < -0.3 is 4.74 Å². The van der Waals surface area contributed by atoms with Crippen molar-refractivity contribution >= 4 is 29.2 Å². The molecule has 0 bridgehead atoms. The molecule has 0 N–H and O–H groups in total. The molecule has 38 heavy (non-hydrogen) atoms. The lowest BCUT2D eigenvalue weighted by Gasteiger charge is -2.29. The minimum atomic E-state index is -0.955. The predicted molar refractivity (Wildman–Crippen MR) is 142 cm³/mol. The fraction of sp³-hybridized carbons (Fsp3) is 0.129. The van der Waals surface area contributed by atoms with Crippen molar-refractivity contribution in [2.24, 2.45) is 5.92 Å². The average Bonchev–Trinajstić information content (AvgIpc) is 3.45. The molecule has 2 heterocycles. The van der Waals surface area contributed by atoms with Gasteiger partial charge >= 0.3 is 5.97 Å². The smallest absolute Gasteiger partial charge is 0.343 e. The number of fused-ring (bicyclic) bond motifs is 1. The second-order valence-electron chi connectivity index (χ2n) is 9.33. The van der Waals surface area contributed by atoms with Crippen LogP contribution in [-0.4, -0.2) is 23.9 Å². The summed E-state index contributed by atoms with van der Waals surface area (Å²) in [4.78, 5) is 47.1. The molecule has 2 aliphatic rings. The Hall–Kier alpha value is -4.75. The van der Waals surface area contributed by atoms with E-state index in [0.29, 0.717) is 17.0 Å². The summed E-state index contributed by atoms with van der Waals surface area (Å²) >= 11 is 0. The molecule has 188 valence electrons. The number of carbonyl (C=O) groups excluding carboxylic acids is 3. The van der Waals surface area contributed by atoms with Crippen LogP contribution >= 0.6 is 0 Å². The molecular weight excluding hydrogens is 480 g/mol. The lowest BCUT2D eigenvalue weighted by Crippen LogP contribution is -2.37. The van der Waals surface area contributed by atoms with Crippen LogP contribution in [0, 0.1) is 12.8 Å². The number of para-hydroxylation sites is 1. The number of rotatable bonds is 5. The Morgan fingerprint density at radius 2 is 1.42 bits per heavy atom. The molecular formula is C31H24N2O5. The van der Waals surface area contributed by atoms with Crippen molar-refractivity contribution in [1.29, 1.82) is 0 Å². The Kier molecular flexibility index (Phi) is 5.98. The Morgan fingerprint density at radius 3 is 2.11 bits per heavy atom. The predicted octanol–water partition coefficient (Wildman–Crippen LogP) is 5.27. The highest BCUT2D eigenvalue weighted by Gasteiger charge is 2.60. The number of hydroxylamine groups is 1. The van der Waals surface area contributed by atoms with Gasteiger partial charge in [-0.05, 0) is 66.6 Å². The van der Waals surface area contributed by atoms with Gasteiger partial charge in [0.15, 0.2) is 6.10 Å². The van der Waals surface area contributed by atoms with Gasteiger partial charge in [0.25, 0.3) is 5.91 Å². The number of esters is 1. The molecule has 0 spiro atoms. The van der Waals surface area contributed by atoms with E-state index in [2.05, 4.69) is 0 Å². The fourth-order valence-electron chi connectivity index (χ4n) is 5.05. The zero-order valence-corrected chi connectivity index (χ0v) is 20.6. The third kappa shape index (κ3) is 4.13. The summed E-state index contributed by atoms with van der Waals surface area (Å²) in [6.45, 7) is 1.91. The molecule has 0 aliphatic carbocycles. The van der Waals surface area contributed by atoms with Crippen molar-refractivity contribution in [1.82, 2.24) is 0 Å². The van der Waals surface area contributed by atoms with Gasteiger partial charge in [-0.3, -0.25) is 14.4 Å². The number of anilines is 2. The molecule has 0 radical (unpaired) electrons. The third-order valence-electron chi connectivity index (χ3n) is 6.83. The quantitative estimate of drug-likeness (QED) is 0.210. The maximum absolute atomic E-state index is 13.8. The molecule has 0 saturated carbocycles. The highest BCUT2D eigenvalue weighted by atomic mass is 16.7. The normalized spacial score (nSPS) is 20.5. The number of hydrogen-bond donors (Lipinski definition) is 0. The lowest BCUT2D eigenvalue weighted by atomic mass is 9.90. The standard InChI is InChI=1S/C31H24N2O5/c1-20-9-8-14-24(19-20)32-29(34)26-27(33(38-28(26)30(32)35)23-12-6-3-7-13-23)21-15-17-25(18-16-21)37-31(36)22-10-4-2-5-11-22/h2-19,26-28H,1H3/t26-,27+,28-/m0/s1. The van der Waals surface area contributed by atoms with Crippen molar-refractivity contribution in [3.05, 3.63) is 126 Å². The van der Waals surface area contributed by atoms with E-state index in [0.717, 1.165) is 16.8 Å². The monoisotopic (exact) mass is 504 g/mol. The Bertz CT molecular complexity index is 1500. The number of carbonyl (C=O) groups is 3. The van der Waals surface area contributed by atoms with Gasteiger partial charge in [-0.15, -0.1) is 0 Å². The number of imide groups is 1. The summed E-state index contributed by atoms with van der Waals surface area (Å²) in [6.07, 6.45) is -0.955. The Labute approximate surface area is 219 Å². The third-order valence-corrected chi connectivity index (χ3v) is 6.83. The van der Waals surface area contributed by atoms with E-state index in [4.69, 9.17) is 9.57 Å². The SMILES string of the molecule is Cc1cccc(N2C(=O)[C@@H]3[C@H](ON(c4ccccc4)[C@@H]3c3ccc(OC(=O)c4ccccc4)cc3)C2=O)c1. The van der Waals surface area contributed by atoms with Crippen molar-refractivity contribution in [3.8, 4) is 5.75 Å². The molecule has 7 heteroatoms. The largest absolute Gasteiger partial charge is 0.423 e. The zero-order chi connectivity index (χ0) is 26.2. The van der Waals surface area contributed by atoms with Crippen LogP contribution in [0.1, 0.15) is 27.5 Å². The van der Waals surface area contributed by atoms with Crippen LogP contribution in [0.25, 0.3) is 0 Å². The maximum atomic E-state index is 13.8. The van der Waals surface area contributed by atoms with E-state index >= 15 is 0 Å². The second-order valence-corrected chi connectivity index (χ2v) is 9.33. The molecule has 0 unspecified atom stereocenters. The first-order valence-electron chi connectivity index (χ1n) is 12.3. The number of aryl methyl sites for hydroxylation is 1. The van der Waals surface area contributed by atoms with Crippen LogP contribution in [0.5, 0.6) is 5.75 Å². The van der Waals surface area contributed by atoms with Crippen LogP contribution in [0.4, 0.5) is 11.4 Å². The van der Waals surface area contributed by atoms with Gasteiger partial charge in [-0.25, -0.2) is 14.8 Å². The Balaban J connectivity index is 1.33. The van der Waals surface area contributed by atoms with Crippen molar-refractivity contribution in [3.63, 3.8) is 0 Å². The molecule has 7 nitrogen and oxygen atoms in total. The van der Waals surface area contributed by atoms with Crippen LogP contribution in [0.3, 0.4) is 0 Å². The first-order valence-corrected chi connectivity index (χ1v) is 12.3. The van der Waals surface area contributed by atoms with E-state index in [9.17, 15) is 14.4 Å². The molecule has 4 aromatic rings. The lowest BCUT2D eigenvalue weighted by molar-refractivity contribution is -0.126. The van der Waals surface area contributed by atoms with Crippen LogP contribution in [-0.2, 0) is 14.4 Å². The van der Waals surface area contributed by atoms with E-state index in [1.54, 1.807) is 59.7 Å². The topological polar surface area (TPSA) is 76.2 Å². The number of amides is 2. The zero-order valence-electron chi connectivity index (χ0n) is 20.6. The van der Waals surface area contributed by atoms with Crippen molar-refractivity contribution in [2.75, 3.05) is 9.96 Å². The first-order chi connectivity index (χ1) is 18.5. The molecule has 2 saturated heterocycles. The van der Waals surface area contributed by atoms with Crippen molar-refractivity contribution in [2.45, 2.75) is 19.1 Å². The minimum Gasteiger partial charge on any atom is -0.423 e. The van der Waals surface area contributed by atoms with Gasteiger partial charge in [0.1, 0.15) is 11.7 Å². The maximum Gasteiger partial charge on any atom is 0.343 e. The van der Waals surface area contributed by atoms with Crippen LogP contribution < -0.4 is 14.7 Å². The number of benzene rings is 4. The van der Waals surface area contributed by atoms with Gasteiger partial charge in [-0.1, -0.05) is 60.7 Å². The number of hydrogen-bond acceptors (Lipinski definition) is 6. The minimum absolute atomic E-state index is 0.311. The average molecular weight is 505 g/mol. The summed E-state index contributed by atoms with van der Waals surface area (Å²) < 4.78 is 5.53. The summed E-state index contributed by atoms with van der Waals surface area (Å²) in [5.74, 6) is -1.53. The molecule has 3 atom stereocenters. The van der Waals surface area contributed by atoms with Crippen LogP contribution in [0.2, 0.25) is 0 Å². The van der Waals surface area contributed by atoms with E-state index < -0.39 is 24.0 Å². The summed E-state index contributed by atoms with van der Waals surface area (Å²) in [5.41, 5.74) is 3.42. The highest BCUT2D eigenvalue weighted by molar-refractivity contribution is 6.24. The van der Waals surface area contributed by atoms with E-state index in [1.807, 2.05) is 61.5 Å². The fourth-order valence-corrected chi connectivity index (χ4v) is 5.05. The summed E-state index contributed by atoms with van der Waals surface area (Å²) in [7, 11) is 0. The molecule has 2 amide bonds. The molecule has 0 aromatic heterocycles. The van der Waals surface area contributed by atoms with Crippen molar-refractivity contribution < 1.29 is 24.0 Å². The molecule has 4 aromatic carbocycles. The van der Waals surface area contributed by atoms with E-state index in [-0.39, 0.29) is 11.8 Å². The molecule has 6 rings (SSSR count). The summed E-state index contributed by atoms with van der Waals surface area (Å²) in [5, 5.41) is 1.64. The summed E-state index contributed by atoms with van der Waals surface area (Å²) in [6, 6.07) is 31.8. The van der Waals surface area contributed by atoms with E-state index in [1.165, 1.54) is 4.90 Å². The first kappa shape index (κ1) is 23.6. The van der Waals surface area contributed by atoms with Crippen LogP contribution in [0.15, 0.2) is 109 Å². The molecule has 2 aliphatic heterocycles. The highest BCUT2D eigenvalue weighted by Crippen LogP contribution is 2.47. The van der Waals surface area contributed by atoms with Gasteiger partial charge in [0.2, 0.25) is 5.91 Å². The second kappa shape index (κ2) is 9.61. The molecule has 2 fully saturated rings.